The van der Waals surface area contributed by atoms with E-state index in [1.807, 2.05) is 62.4 Å². The van der Waals surface area contributed by atoms with Crippen molar-refractivity contribution in [2.45, 2.75) is 50.6 Å². The Kier molecular flexibility index (Phi) is 7.05. The topological polar surface area (TPSA) is 95.6 Å². The zero-order valence-electron chi connectivity index (χ0n) is 20.0. The standard InChI is InChI=1S/C27H29N3O4S/c1-18-8-7-11-23(14-18)28-27(32)25(16-21-9-5-4-6-10-21)29-35(33,34)24-12-13-26-22(17-24)15-19(2)30(26)20(3)31/h4-14,17,19,25,29H,15-16H2,1-3H3,(H,28,32)/t19-,25+/m1/s1. The number of sulfonamides is 1. The Labute approximate surface area is 206 Å². The van der Waals surface area contributed by atoms with E-state index in [9.17, 15) is 18.0 Å². The molecular formula is C27H29N3O4S. The van der Waals surface area contributed by atoms with E-state index in [0.717, 1.165) is 22.4 Å². The van der Waals surface area contributed by atoms with Crippen molar-refractivity contribution in [1.29, 1.82) is 0 Å². The van der Waals surface area contributed by atoms with Crippen LogP contribution < -0.4 is 14.9 Å². The van der Waals surface area contributed by atoms with Crippen LogP contribution in [0.1, 0.15) is 30.5 Å². The molecule has 8 heteroatoms. The number of carbonyl (C=O) groups is 2. The van der Waals surface area contributed by atoms with Crippen LogP contribution in [0.5, 0.6) is 0 Å². The van der Waals surface area contributed by atoms with Gasteiger partial charge < -0.3 is 10.2 Å². The molecule has 2 amide bonds. The van der Waals surface area contributed by atoms with Gasteiger partial charge in [-0.1, -0.05) is 42.5 Å². The summed E-state index contributed by atoms with van der Waals surface area (Å²) in [6.45, 7) is 5.35. The van der Waals surface area contributed by atoms with Crippen LogP contribution in [0.15, 0.2) is 77.7 Å². The van der Waals surface area contributed by atoms with Crippen LogP contribution >= 0.6 is 0 Å². The molecule has 7 nitrogen and oxygen atoms in total. The number of fused-ring (bicyclic) bond motifs is 1. The summed E-state index contributed by atoms with van der Waals surface area (Å²) in [5.74, 6) is -0.527. The molecule has 3 aromatic rings. The summed E-state index contributed by atoms with van der Waals surface area (Å²) in [6, 6.07) is 20.3. The number of carbonyl (C=O) groups excluding carboxylic acids is 2. The van der Waals surface area contributed by atoms with Gasteiger partial charge in [-0.25, -0.2) is 8.42 Å². The van der Waals surface area contributed by atoms with Gasteiger partial charge in [-0.2, -0.15) is 4.72 Å². The van der Waals surface area contributed by atoms with E-state index in [2.05, 4.69) is 10.0 Å². The molecule has 0 bridgehead atoms. The maximum Gasteiger partial charge on any atom is 0.242 e. The minimum absolute atomic E-state index is 0.0423. The Morgan fingerprint density at radius 2 is 1.77 bits per heavy atom. The highest BCUT2D eigenvalue weighted by Crippen LogP contribution is 2.34. The summed E-state index contributed by atoms with van der Waals surface area (Å²) in [5.41, 5.74) is 3.93. The Bertz CT molecular complexity index is 1360. The minimum Gasteiger partial charge on any atom is -0.325 e. The zero-order valence-corrected chi connectivity index (χ0v) is 20.8. The van der Waals surface area contributed by atoms with Crippen LogP contribution in [0.3, 0.4) is 0 Å². The number of hydrogen-bond acceptors (Lipinski definition) is 4. The number of nitrogens with one attached hydrogen (secondary N) is 2. The lowest BCUT2D eigenvalue weighted by atomic mass is 10.1. The van der Waals surface area contributed by atoms with Crippen LogP contribution in [-0.4, -0.2) is 32.3 Å². The molecule has 182 valence electrons. The molecule has 1 heterocycles. The maximum atomic E-state index is 13.4. The average Bonchev–Trinajstić information content (AvgIpc) is 3.14. The van der Waals surface area contributed by atoms with Gasteiger partial charge in [0.2, 0.25) is 21.8 Å². The Morgan fingerprint density at radius 1 is 1.03 bits per heavy atom. The van der Waals surface area contributed by atoms with E-state index < -0.39 is 22.0 Å². The van der Waals surface area contributed by atoms with Crippen molar-refractivity contribution in [1.82, 2.24) is 4.72 Å². The van der Waals surface area contributed by atoms with Crippen molar-refractivity contribution >= 4 is 33.2 Å². The highest BCUT2D eigenvalue weighted by molar-refractivity contribution is 7.89. The molecule has 1 aliphatic rings. The number of aryl methyl sites for hydroxylation is 1. The molecule has 2 N–H and O–H groups in total. The van der Waals surface area contributed by atoms with Gasteiger partial charge >= 0.3 is 0 Å². The van der Waals surface area contributed by atoms with Crippen molar-refractivity contribution in [3.8, 4) is 0 Å². The number of anilines is 2. The van der Waals surface area contributed by atoms with Crippen molar-refractivity contribution in [2.24, 2.45) is 0 Å². The largest absolute Gasteiger partial charge is 0.325 e. The quantitative estimate of drug-likeness (QED) is 0.525. The van der Waals surface area contributed by atoms with E-state index in [0.29, 0.717) is 12.1 Å². The summed E-state index contributed by atoms with van der Waals surface area (Å²) in [7, 11) is -4.02. The molecule has 0 unspecified atom stereocenters. The molecule has 0 radical (unpaired) electrons. The number of rotatable bonds is 7. The average molecular weight is 492 g/mol. The first-order valence-electron chi connectivity index (χ1n) is 11.5. The molecule has 4 rings (SSSR count). The third-order valence-corrected chi connectivity index (χ3v) is 7.57. The van der Waals surface area contributed by atoms with Crippen LogP contribution in [-0.2, 0) is 32.5 Å². The van der Waals surface area contributed by atoms with Gasteiger partial charge in [0.05, 0.1) is 4.90 Å². The molecule has 0 saturated heterocycles. The van der Waals surface area contributed by atoms with E-state index in [4.69, 9.17) is 0 Å². The summed E-state index contributed by atoms with van der Waals surface area (Å²) in [4.78, 5) is 27.0. The van der Waals surface area contributed by atoms with Crippen molar-refractivity contribution in [3.63, 3.8) is 0 Å². The molecule has 0 aliphatic carbocycles. The lowest BCUT2D eigenvalue weighted by molar-refractivity contribution is -0.118. The number of hydrogen-bond donors (Lipinski definition) is 2. The second-order valence-electron chi connectivity index (χ2n) is 8.96. The Hall–Kier alpha value is -3.49. The summed E-state index contributed by atoms with van der Waals surface area (Å²) in [6.07, 6.45) is 0.761. The summed E-state index contributed by atoms with van der Waals surface area (Å²) >= 11 is 0. The van der Waals surface area contributed by atoms with Gasteiger partial charge in [0.25, 0.3) is 0 Å². The van der Waals surface area contributed by atoms with E-state index in [1.54, 1.807) is 23.1 Å². The number of benzene rings is 3. The SMILES string of the molecule is CC(=O)N1c2ccc(S(=O)(=O)N[C@@H](Cc3ccccc3)C(=O)Nc3cccc(C)c3)cc2C[C@H]1C. The molecule has 2 atom stereocenters. The fourth-order valence-corrected chi connectivity index (χ4v) is 5.75. The van der Waals surface area contributed by atoms with Gasteiger partial charge in [-0.05, 0) is 73.7 Å². The van der Waals surface area contributed by atoms with Crippen LogP contribution in [0.25, 0.3) is 0 Å². The van der Waals surface area contributed by atoms with Crippen LogP contribution in [0, 0.1) is 6.92 Å². The van der Waals surface area contributed by atoms with E-state index in [-0.39, 0.29) is 23.3 Å². The monoisotopic (exact) mass is 491 g/mol. The first kappa shape index (κ1) is 24.6. The molecule has 3 aromatic carbocycles. The first-order valence-corrected chi connectivity index (χ1v) is 13.0. The van der Waals surface area contributed by atoms with Gasteiger partial charge in [0.15, 0.2) is 0 Å². The van der Waals surface area contributed by atoms with Gasteiger partial charge in [0.1, 0.15) is 6.04 Å². The smallest absolute Gasteiger partial charge is 0.242 e. The van der Waals surface area contributed by atoms with Crippen molar-refractivity contribution in [3.05, 3.63) is 89.5 Å². The fourth-order valence-electron chi connectivity index (χ4n) is 4.50. The van der Waals surface area contributed by atoms with Crippen LogP contribution in [0.4, 0.5) is 11.4 Å². The van der Waals surface area contributed by atoms with E-state index >= 15 is 0 Å². The van der Waals surface area contributed by atoms with Gasteiger partial charge in [0, 0.05) is 24.3 Å². The van der Waals surface area contributed by atoms with Gasteiger partial charge in [-0.15, -0.1) is 0 Å². The second-order valence-corrected chi connectivity index (χ2v) is 10.7. The molecule has 0 fully saturated rings. The molecule has 0 saturated carbocycles. The maximum absolute atomic E-state index is 13.4. The Balaban J connectivity index is 1.61. The number of nitrogens with zero attached hydrogens (tertiary/aromatic N) is 1. The second kappa shape index (κ2) is 10.0. The highest BCUT2D eigenvalue weighted by atomic mass is 32.2. The third kappa shape index (κ3) is 5.61. The molecule has 1 aliphatic heterocycles. The van der Waals surface area contributed by atoms with Gasteiger partial charge in [-0.3, -0.25) is 9.59 Å². The minimum atomic E-state index is -4.02. The van der Waals surface area contributed by atoms with Crippen LogP contribution in [0.2, 0.25) is 0 Å². The Morgan fingerprint density at radius 3 is 2.46 bits per heavy atom. The summed E-state index contributed by atoms with van der Waals surface area (Å²) in [5, 5.41) is 2.83. The molecule has 0 spiro atoms. The van der Waals surface area contributed by atoms with Crippen molar-refractivity contribution < 1.29 is 18.0 Å². The molecular weight excluding hydrogens is 462 g/mol. The van der Waals surface area contributed by atoms with Crippen molar-refractivity contribution in [2.75, 3.05) is 10.2 Å². The molecule has 35 heavy (non-hydrogen) atoms. The lowest BCUT2D eigenvalue weighted by Crippen LogP contribution is -2.45. The van der Waals surface area contributed by atoms with E-state index in [1.165, 1.54) is 13.0 Å². The highest BCUT2D eigenvalue weighted by Gasteiger charge is 2.32. The number of amides is 2. The first-order chi connectivity index (χ1) is 16.6. The third-order valence-electron chi connectivity index (χ3n) is 6.10. The lowest BCUT2D eigenvalue weighted by Gasteiger charge is -2.21. The molecule has 0 aromatic heterocycles. The predicted octanol–water partition coefficient (Wildman–Crippen LogP) is 3.82. The predicted molar refractivity (Wildman–Crippen MR) is 137 cm³/mol. The fraction of sp³-hybridized carbons (Fsp3) is 0.259. The summed E-state index contributed by atoms with van der Waals surface area (Å²) < 4.78 is 29.3. The normalized spacial score (nSPS) is 16.0. The zero-order chi connectivity index (χ0) is 25.2.